The van der Waals surface area contributed by atoms with E-state index in [4.69, 9.17) is 0 Å². The van der Waals surface area contributed by atoms with Gasteiger partial charge in [0.1, 0.15) is 23.0 Å². The highest BCUT2D eigenvalue weighted by Crippen LogP contribution is 2.32. The highest BCUT2D eigenvalue weighted by Gasteiger charge is 2.38. The number of nitrogens with one attached hydrogen (secondary N) is 1. The van der Waals surface area contributed by atoms with Crippen LogP contribution in [0.25, 0.3) is 0 Å². The van der Waals surface area contributed by atoms with Gasteiger partial charge in [0.15, 0.2) is 0 Å². The second-order valence-corrected chi connectivity index (χ2v) is 7.46. The molecule has 1 N–H and O–H groups in total. The van der Waals surface area contributed by atoms with Crippen molar-refractivity contribution in [3.8, 4) is 0 Å². The van der Waals surface area contributed by atoms with Crippen LogP contribution in [0.1, 0.15) is 17.8 Å². The van der Waals surface area contributed by atoms with Gasteiger partial charge in [-0.1, -0.05) is 12.1 Å². The molecule has 0 spiro atoms. The Bertz CT molecular complexity index is 899. The van der Waals surface area contributed by atoms with E-state index in [-0.39, 0.29) is 23.7 Å². The molecule has 0 radical (unpaired) electrons. The summed E-state index contributed by atoms with van der Waals surface area (Å²) in [6.07, 6.45) is -8.37. The average Bonchev–Trinajstić information content (AvgIpc) is 3.08. The molecule has 4 rings (SSSR count). The normalized spacial score (nSPS) is 22.8. The SMILES string of the molecule is FC(F)(F)c1cccc(N[C@H]2C[C@H]3CN(c4cccc(C(F)(F)F)n4)CCN3C2)n1. The highest BCUT2D eigenvalue weighted by molar-refractivity contribution is 5.42. The van der Waals surface area contributed by atoms with E-state index in [0.29, 0.717) is 32.6 Å². The molecule has 2 aromatic heterocycles. The van der Waals surface area contributed by atoms with Gasteiger partial charge in [-0.25, -0.2) is 9.97 Å². The zero-order valence-electron chi connectivity index (χ0n) is 15.7. The number of hydrogen-bond acceptors (Lipinski definition) is 5. The van der Waals surface area contributed by atoms with Gasteiger partial charge in [0.25, 0.3) is 0 Å². The van der Waals surface area contributed by atoms with Crippen LogP contribution in [0.5, 0.6) is 0 Å². The summed E-state index contributed by atoms with van der Waals surface area (Å²) in [5, 5.41) is 3.06. The lowest BCUT2D eigenvalue weighted by Crippen LogP contribution is -2.50. The maximum Gasteiger partial charge on any atom is 0.433 e. The minimum Gasteiger partial charge on any atom is -0.366 e. The van der Waals surface area contributed by atoms with E-state index < -0.39 is 23.7 Å². The molecule has 5 nitrogen and oxygen atoms in total. The number of nitrogens with zero attached hydrogens (tertiary/aromatic N) is 4. The number of fused-ring (bicyclic) bond motifs is 1. The quantitative estimate of drug-likeness (QED) is 0.748. The van der Waals surface area contributed by atoms with E-state index in [1.807, 2.05) is 4.90 Å². The molecule has 0 bridgehead atoms. The Morgan fingerprint density at radius 3 is 2.20 bits per heavy atom. The lowest BCUT2D eigenvalue weighted by Gasteiger charge is -2.38. The molecule has 2 aliphatic heterocycles. The Kier molecular flexibility index (Phi) is 5.25. The van der Waals surface area contributed by atoms with Crippen molar-refractivity contribution in [2.75, 3.05) is 36.4 Å². The molecule has 0 aliphatic carbocycles. The third kappa shape index (κ3) is 4.45. The Hall–Kier alpha value is -2.56. The molecule has 0 saturated carbocycles. The summed E-state index contributed by atoms with van der Waals surface area (Å²) in [6, 6.07) is 7.53. The van der Waals surface area contributed by atoms with Gasteiger partial charge in [-0.05, 0) is 30.7 Å². The molecule has 2 saturated heterocycles. The summed E-state index contributed by atoms with van der Waals surface area (Å²) in [5.74, 6) is 0.437. The van der Waals surface area contributed by atoms with Gasteiger partial charge in [-0.3, -0.25) is 4.90 Å². The Morgan fingerprint density at radius 1 is 0.833 bits per heavy atom. The van der Waals surface area contributed by atoms with Gasteiger partial charge < -0.3 is 10.2 Å². The largest absolute Gasteiger partial charge is 0.433 e. The minimum absolute atomic E-state index is 0.0680. The molecule has 4 heterocycles. The first-order valence-corrected chi connectivity index (χ1v) is 9.43. The summed E-state index contributed by atoms with van der Waals surface area (Å²) in [6.45, 7) is 2.30. The van der Waals surface area contributed by atoms with Crippen molar-refractivity contribution in [3.05, 3.63) is 47.8 Å². The van der Waals surface area contributed by atoms with Gasteiger partial charge in [0, 0.05) is 38.3 Å². The smallest absolute Gasteiger partial charge is 0.366 e. The maximum atomic E-state index is 12.9. The third-order valence-corrected chi connectivity index (χ3v) is 5.36. The average molecular weight is 431 g/mol. The molecule has 162 valence electrons. The predicted molar refractivity (Wildman–Crippen MR) is 98.1 cm³/mol. The van der Waals surface area contributed by atoms with Gasteiger partial charge in [-0.2, -0.15) is 26.3 Å². The van der Waals surface area contributed by atoms with E-state index in [0.717, 1.165) is 12.1 Å². The standard InChI is InChI=1S/C19H19F6N5/c20-18(21,22)14-3-1-5-16(27-14)26-12-9-13-11-30(8-7-29(13)10-12)17-6-2-4-15(28-17)19(23,24)25/h1-6,12-13H,7-11H2,(H,26,27)/t12-,13-/m0/s1. The second-order valence-electron chi connectivity index (χ2n) is 7.46. The van der Waals surface area contributed by atoms with Crippen molar-refractivity contribution in [1.29, 1.82) is 0 Å². The minimum atomic E-state index is -4.51. The zero-order valence-corrected chi connectivity index (χ0v) is 15.7. The molecule has 2 fully saturated rings. The van der Waals surface area contributed by atoms with Gasteiger partial charge in [-0.15, -0.1) is 0 Å². The number of hydrogen-bond donors (Lipinski definition) is 1. The topological polar surface area (TPSA) is 44.3 Å². The lowest BCUT2D eigenvalue weighted by molar-refractivity contribution is -0.141. The number of aromatic nitrogens is 2. The molecule has 0 aromatic carbocycles. The number of anilines is 2. The highest BCUT2D eigenvalue weighted by atomic mass is 19.4. The van der Waals surface area contributed by atoms with Crippen LogP contribution in [-0.4, -0.2) is 53.1 Å². The molecule has 2 aliphatic rings. The first kappa shape index (κ1) is 20.7. The Morgan fingerprint density at radius 2 is 1.50 bits per heavy atom. The van der Waals surface area contributed by atoms with Gasteiger partial charge >= 0.3 is 12.4 Å². The van der Waals surface area contributed by atoms with E-state index in [9.17, 15) is 26.3 Å². The first-order chi connectivity index (χ1) is 14.1. The molecule has 11 heteroatoms. The van der Waals surface area contributed by atoms with Crippen molar-refractivity contribution in [3.63, 3.8) is 0 Å². The zero-order chi connectivity index (χ0) is 21.5. The van der Waals surface area contributed by atoms with E-state index >= 15 is 0 Å². The van der Waals surface area contributed by atoms with Crippen LogP contribution in [-0.2, 0) is 12.4 Å². The van der Waals surface area contributed by atoms with Crippen LogP contribution in [0.4, 0.5) is 38.0 Å². The summed E-state index contributed by atoms with van der Waals surface area (Å²) in [5.41, 5.74) is -1.88. The van der Waals surface area contributed by atoms with Crippen molar-refractivity contribution in [2.45, 2.75) is 30.9 Å². The van der Waals surface area contributed by atoms with Crippen LogP contribution >= 0.6 is 0 Å². The molecular formula is C19H19F6N5. The van der Waals surface area contributed by atoms with Crippen LogP contribution < -0.4 is 10.2 Å². The van der Waals surface area contributed by atoms with E-state index in [2.05, 4.69) is 20.2 Å². The van der Waals surface area contributed by atoms with Crippen LogP contribution in [0.3, 0.4) is 0 Å². The molecule has 0 amide bonds. The third-order valence-electron chi connectivity index (χ3n) is 5.36. The monoisotopic (exact) mass is 431 g/mol. The number of piperazine rings is 1. The van der Waals surface area contributed by atoms with Crippen molar-refractivity contribution < 1.29 is 26.3 Å². The molecule has 2 aromatic rings. The molecular weight excluding hydrogens is 412 g/mol. The number of pyridine rings is 2. The van der Waals surface area contributed by atoms with Gasteiger partial charge in [0.2, 0.25) is 0 Å². The van der Waals surface area contributed by atoms with Crippen LogP contribution in [0, 0.1) is 0 Å². The van der Waals surface area contributed by atoms with Crippen molar-refractivity contribution >= 4 is 11.6 Å². The summed E-state index contributed by atoms with van der Waals surface area (Å²) < 4.78 is 77.4. The number of rotatable bonds is 3. The molecule has 30 heavy (non-hydrogen) atoms. The molecule has 2 atom stereocenters. The lowest BCUT2D eigenvalue weighted by atomic mass is 10.1. The number of halogens is 6. The predicted octanol–water partition coefficient (Wildman–Crippen LogP) is 3.89. The van der Waals surface area contributed by atoms with E-state index in [1.54, 1.807) is 6.07 Å². The van der Waals surface area contributed by atoms with Gasteiger partial charge in [0.05, 0.1) is 0 Å². The maximum absolute atomic E-state index is 12.9. The van der Waals surface area contributed by atoms with Crippen molar-refractivity contribution in [1.82, 2.24) is 14.9 Å². The Labute approximate surface area is 168 Å². The fourth-order valence-corrected chi connectivity index (χ4v) is 3.99. The summed E-state index contributed by atoms with van der Waals surface area (Å²) >= 11 is 0. The van der Waals surface area contributed by atoms with Crippen LogP contribution in [0.15, 0.2) is 36.4 Å². The fourth-order valence-electron chi connectivity index (χ4n) is 3.99. The number of alkyl halides is 6. The fraction of sp³-hybridized carbons (Fsp3) is 0.474. The first-order valence-electron chi connectivity index (χ1n) is 9.43. The summed E-state index contributed by atoms with van der Waals surface area (Å²) in [4.78, 5) is 11.4. The van der Waals surface area contributed by atoms with Crippen molar-refractivity contribution in [2.24, 2.45) is 0 Å². The Balaban J connectivity index is 1.41. The second kappa shape index (κ2) is 7.60. The molecule has 0 unspecified atom stereocenters. The van der Waals surface area contributed by atoms with E-state index in [1.165, 1.54) is 18.2 Å². The van der Waals surface area contributed by atoms with Crippen LogP contribution in [0.2, 0.25) is 0 Å². The summed E-state index contributed by atoms with van der Waals surface area (Å²) in [7, 11) is 0.